The molecule has 33 heavy (non-hydrogen) atoms. The minimum absolute atomic E-state index is 0.0720. The summed E-state index contributed by atoms with van der Waals surface area (Å²) in [4.78, 5) is 54.5. The first-order valence-electron chi connectivity index (χ1n) is 10.7. The van der Waals surface area contributed by atoms with Crippen molar-refractivity contribution in [3.63, 3.8) is 0 Å². The van der Waals surface area contributed by atoms with E-state index in [-0.39, 0.29) is 37.5 Å². The van der Waals surface area contributed by atoms with Gasteiger partial charge in [0.2, 0.25) is 11.8 Å². The molecule has 0 unspecified atom stereocenters. The Kier molecular flexibility index (Phi) is 10.4. The highest BCUT2D eigenvalue weighted by Gasteiger charge is 2.27. The molecule has 1 aliphatic heterocycles. The zero-order valence-corrected chi connectivity index (χ0v) is 20.1. The van der Waals surface area contributed by atoms with Gasteiger partial charge in [-0.05, 0) is 59.5 Å². The largest absolute Gasteiger partial charge is 0.444 e. The molecule has 5 N–H and O–H groups in total. The van der Waals surface area contributed by atoms with Gasteiger partial charge in [0.1, 0.15) is 17.8 Å². The van der Waals surface area contributed by atoms with E-state index in [9.17, 15) is 19.2 Å². The van der Waals surface area contributed by atoms with E-state index >= 15 is 0 Å². The molecule has 1 rings (SSSR count). The number of nitrogens with one attached hydrogen (secondary N) is 3. The first-order valence-corrected chi connectivity index (χ1v) is 10.7. The van der Waals surface area contributed by atoms with Gasteiger partial charge in [0, 0.05) is 6.54 Å². The van der Waals surface area contributed by atoms with E-state index in [0.717, 1.165) is 6.42 Å². The van der Waals surface area contributed by atoms with Gasteiger partial charge in [-0.15, -0.1) is 0 Å². The highest BCUT2D eigenvalue weighted by molar-refractivity contribution is 6.01. The van der Waals surface area contributed by atoms with Gasteiger partial charge < -0.3 is 30.3 Å². The third-order valence-electron chi connectivity index (χ3n) is 3.82. The van der Waals surface area contributed by atoms with Crippen molar-refractivity contribution in [3.8, 4) is 0 Å². The number of hydrogen-bond donors (Lipinski definition) is 4. The Morgan fingerprint density at radius 2 is 1.61 bits per heavy atom. The Labute approximate surface area is 193 Å². The topological polar surface area (TPSA) is 174 Å². The third-order valence-corrected chi connectivity index (χ3v) is 3.82. The molecule has 0 aromatic carbocycles. The molecule has 0 aromatic heterocycles. The second-order valence-corrected chi connectivity index (χ2v) is 9.39. The lowest BCUT2D eigenvalue weighted by Gasteiger charge is -2.29. The van der Waals surface area contributed by atoms with Crippen LogP contribution in [0.3, 0.4) is 0 Å². The fourth-order valence-corrected chi connectivity index (χ4v) is 2.58. The number of carbonyl (C=O) groups excluding carboxylic acids is 4. The molecule has 13 nitrogen and oxygen atoms in total. The number of ether oxygens (including phenoxy) is 2. The van der Waals surface area contributed by atoms with Gasteiger partial charge >= 0.3 is 12.2 Å². The van der Waals surface area contributed by atoms with Gasteiger partial charge in [-0.25, -0.2) is 9.59 Å². The summed E-state index contributed by atoms with van der Waals surface area (Å²) in [5.74, 6) is -0.968. The second kappa shape index (κ2) is 12.2. The lowest BCUT2D eigenvalue weighted by atomic mass is 10.1. The molecule has 0 saturated carbocycles. The fraction of sp³-hybridized carbons (Fsp3) is 0.750. The molecule has 0 radical (unpaired) electrons. The maximum Gasteiger partial charge on any atom is 0.414 e. The average Bonchev–Trinajstić information content (AvgIpc) is 2.61. The molecular weight excluding hydrogens is 436 g/mol. The SMILES string of the molecule is CC(C)(C)OC(=O)NC(=NOCCNC(=O)CN1CCC[C@H](N)C1=O)NC(=O)OC(C)(C)C. The summed E-state index contributed by atoms with van der Waals surface area (Å²) < 4.78 is 10.2. The summed E-state index contributed by atoms with van der Waals surface area (Å²) in [6.45, 7) is 10.4. The van der Waals surface area contributed by atoms with Crippen LogP contribution in [0.1, 0.15) is 54.4 Å². The zero-order valence-electron chi connectivity index (χ0n) is 20.1. The van der Waals surface area contributed by atoms with Crippen molar-refractivity contribution >= 4 is 30.0 Å². The Balaban J connectivity index is 2.55. The number of likely N-dealkylation sites (tertiary alicyclic amines) is 1. The number of guanidine groups is 1. The number of oxime groups is 1. The van der Waals surface area contributed by atoms with Gasteiger partial charge in [0.25, 0.3) is 5.96 Å². The Morgan fingerprint density at radius 1 is 1.06 bits per heavy atom. The number of amides is 4. The van der Waals surface area contributed by atoms with Crippen molar-refractivity contribution < 1.29 is 33.5 Å². The Hall–Kier alpha value is -3.09. The van der Waals surface area contributed by atoms with Gasteiger partial charge in [0.05, 0.1) is 19.1 Å². The van der Waals surface area contributed by atoms with Crippen LogP contribution in [0.2, 0.25) is 0 Å². The number of nitrogens with zero attached hydrogens (tertiary/aromatic N) is 2. The summed E-state index contributed by atoms with van der Waals surface area (Å²) in [5.41, 5.74) is 4.17. The predicted octanol–water partition coefficient (Wildman–Crippen LogP) is 0.389. The van der Waals surface area contributed by atoms with Crippen molar-refractivity contribution in [2.24, 2.45) is 10.9 Å². The summed E-state index contributed by atoms with van der Waals surface area (Å²) in [7, 11) is 0. The number of nitrogens with two attached hydrogens (primary N) is 1. The fourth-order valence-electron chi connectivity index (χ4n) is 2.58. The van der Waals surface area contributed by atoms with Crippen LogP contribution in [0.4, 0.5) is 9.59 Å². The maximum absolute atomic E-state index is 12.0. The molecule has 1 aliphatic rings. The second-order valence-electron chi connectivity index (χ2n) is 9.39. The summed E-state index contributed by atoms with van der Waals surface area (Å²) in [5, 5.41) is 10.8. The van der Waals surface area contributed by atoms with E-state index in [0.29, 0.717) is 13.0 Å². The first kappa shape index (κ1) is 27.9. The smallest absolute Gasteiger partial charge is 0.414 e. The van der Waals surface area contributed by atoms with Crippen LogP contribution in [-0.4, -0.2) is 78.3 Å². The third kappa shape index (κ3) is 12.5. The molecule has 1 heterocycles. The van der Waals surface area contributed by atoms with Crippen LogP contribution in [-0.2, 0) is 23.9 Å². The van der Waals surface area contributed by atoms with E-state index in [1.165, 1.54) is 4.90 Å². The lowest BCUT2D eigenvalue weighted by molar-refractivity contribution is -0.139. The summed E-state index contributed by atoms with van der Waals surface area (Å²) >= 11 is 0. The molecule has 0 aromatic rings. The molecule has 188 valence electrons. The molecule has 1 saturated heterocycles. The van der Waals surface area contributed by atoms with Gasteiger partial charge in [-0.1, -0.05) is 0 Å². The van der Waals surface area contributed by atoms with E-state index in [4.69, 9.17) is 20.0 Å². The standard InChI is InChI=1S/C20H36N6O7/c1-19(2,3)32-17(29)23-16(24-18(30)33-20(4,5)6)25-31-11-9-22-14(27)12-26-10-7-8-13(21)15(26)28/h13H,7-12,21H2,1-6H3,(H,22,27)(H2,23,24,25,29,30)/t13-/m0/s1. The van der Waals surface area contributed by atoms with Crippen molar-refractivity contribution in [1.82, 2.24) is 20.9 Å². The summed E-state index contributed by atoms with van der Waals surface area (Å²) in [6.07, 6.45) is -0.368. The van der Waals surface area contributed by atoms with E-state index in [1.54, 1.807) is 41.5 Å². The Morgan fingerprint density at radius 3 is 2.12 bits per heavy atom. The quantitative estimate of drug-likeness (QED) is 0.186. The average molecular weight is 473 g/mol. The van der Waals surface area contributed by atoms with E-state index in [1.807, 2.05) is 0 Å². The monoisotopic (exact) mass is 472 g/mol. The predicted molar refractivity (Wildman–Crippen MR) is 119 cm³/mol. The molecule has 1 fully saturated rings. The van der Waals surface area contributed by atoms with Crippen LogP contribution in [0, 0.1) is 0 Å². The van der Waals surface area contributed by atoms with Crippen LogP contribution in [0.5, 0.6) is 0 Å². The molecule has 1 atom stereocenters. The molecule has 0 aliphatic carbocycles. The van der Waals surface area contributed by atoms with Crippen molar-refractivity contribution in [3.05, 3.63) is 0 Å². The summed E-state index contributed by atoms with van der Waals surface area (Å²) in [6, 6.07) is -0.572. The molecule has 0 bridgehead atoms. The normalized spacial score (nSPS) is 16.4. The van der Waals surface area contributed by atoms with Crippen LogP contribution >= 0.6 is 0 Å². The molecular formula is C20H36N6O7. The minimum atomic E-state index is -0.862. The van der Waals surface area contributed by atoms with Gasteiger partial charge in [-0.2, -0.15) is 0 Å². The zero-order chi connectivity index (χ0) is 25.2. The molecule has 13 heteroatoms. The van der Waals surface area contributed by atoms with Crippen LogP contribution < -0.4 is 21.7 Å². The van der Waals surface area contributed by atoms with Crippen LogP contribution in [0.15, 0.2) is 5.16 Å². The minimum Gasteiger partial charge on any atom is -0.444 e. The van der Waals surface area contributed by atoms with Crippen molar-refractivity contribution in [1.29, 1.82) is 0 Å². The number of alkyl carbamates (subject to hydrolysis) is 2. The molecule has 0 spiro atoms. The van der Waals surface area contributed by atoms with Crippen molar-refractivity contribution in [2.45, 2.75) is 71.6 Å². The number of hydrogen-bond acceptors (Lipinski definition) is 9. The van der Waals surface area contributed by atoms with Gasteiger partial charge in [0.15, 0.2) is 0 Å². The Bertz CT molecular complexity index is 710. The highest BCUT2D eigenvalue weighted by Crippen LogP contribution is 2.09. The van der Waals surface area contributed by atoms with E-state index in [2.05, 4.69) is 21.1 Å². The highest BCUT2D eigenvalue weighted by atomic mass is 16.6. The maximum atomic E-state index is 12.0. The van der Waals surface area contributed by atoms with Crippen molar-refractivity contribution in [2.75, 3.05) is 26.2 Å². The number of rotatable bonds is 6. The van der Waals surface area contributed by atoms with E-state index < -0.39 is 29.4 Å². The number of carbonyl (C=O) groups is 4. The molecule has 4 amide bonds. The van der Waals surface area contributed by atoms with Crippen LogP contribution in [0.25, 0.3) is 0 Å². The lowest BCUT2D eigenvalue weighted by Crippen LogP contribution is -2.51. The van der Waals surface area contributed by atoms with Gasteiger partial charge in [-0.3, -0.25) is 20.2 Å². The number of piperidine rings is 1. The first-order chi connectivity index (χ1) is 15.2.